The van der Waals surface area contributed by atoms with Crippen LogP contribution in [0, 0.1) is 33.5 Å². The fourth-order valence-electron chi connectivity index (χ4n) is 9.90. The monoisotopic (exact) mass is 624 g/mol. The number of hydrogen-bond acceptors (Lipinski definition) is 11. The highest BCUT2D eigenvalue weighted by Crippen LogP contribution is 2.82. The second-order valence-electron chi connectivity index (χ2n) is 14.0. The van der Waals surface area contributed by atoms with Gasteiger partial charge in [-0.25, -0.2) is 0 Å². The van der Waals surface area contributed by atoms with Crippen molar-refractivity contribution in [1.29, 1.82) is 0 Å². The van der Waals surface area contributed by atoms with Gasteiger partial charge in [-0.15, -0.1) is 0 Å². The summed E-state index contributed by atoms with van der Waals surface area (Å²) in [5, 5.41) is 11.9. The lowest BCUT2D eigenvalue weighted by Gasteiger charge is -2.65. The number of aliphatic hydroxyl groups is 1. The second kappa shape index (κ2) is 9.64. The van der Waals surface area contributed by atoms with Crippen molar-refractivity contribution in [2.45, 2.75) is 91.1 Å². The molecule has 1 unspecified atom stereocenters. The Morgan fingerprint density at radius 2 is 1.82 bits per heavy atom. The molecular weight excluding hydrogens is 584 g/mol. The third kappa shape index (κ3) is 3.48. The summed E-state index contributed by atoms with van der Waals surface area (Å²) in [5.74, 6) is -6.17. The van der Waals surface area contributed by atoms with Crippen LogP contribution >= 0.6 is 0 Å². The summed E-state index contributed by atoms with van der Waals surface area (Å²) >= 11 is 0. The van der Waals surface area contributed by atoms with Crippen LogP contribution in [0.5, 0.6) is 0 Å². The molecule has 3 fully saturated rings. The van der Waals surface area contributed by atoms with Crippen molar-refractivity contribution in [3.63, 3.8) is 0 Å². The average Bonchev–Trinajstić information content (AvgIpc) is 3.35. The van der Waals surface area contributed by atoms with E-state index >= 15 is 0 Å². The molecule has 45 heavy (non-hydrogen) atoms. The largest absolute Gasteiger partial charge is 0.504 e. The normalized spacial score (nSPS) is 43.4. The Labute approximate surface area is 261 Å². The molecule has 11 heteroatoms. The number of fused-ring (bicyclic) bond motifs is 3. The summed E-state index contributed by atoms with van der Waals surface area (Å²) in [6.45, 7) is 11.4. The number of rotatable bonds is 6. The maximum atomic E-state index is 14.9. The van der Waals surface area contributed by atoms with E-state index in [2.05, 4.69) is 0 Å². The molecule has 6 rings (SSSR count). The summed E-state index contributed by atoms with van der Waals surface area (Å²) < 4.78 is 29.6. The number of carbonyl (C=O) groups is 5. The first-order chi connectivity index (χ1) is 21.0. The Kier molecular flexibility index (Phi) is 6.70. The van der Waals surface area contributed by atoms with E-state index in [0.29, 0.717) is 12.8 Å². The lowest BCUT2D eigenvalue weighted by molar-refractivity contribution is -0.249. The van der Waals surface area contributed by atoms with Crippen molar-refractivity contribution < 1.29 is 52.4 Å². The number of ketones is 2. The van der Waals surface area contributed by atoms with Crippen molar-refractivity contribution in [2.24, 2.45) is 33.5 Å². The Hall–Kier alpha value is -3.73. The standard InChI is InChI=1S/C34H40O11/c1-9-16(2)28(39)44-27-23(43-17(3)35)25-30(4)12-10-20(36)31(5,29(40)41-8)24(30)22(37)26(38)33(25,7)34-21(45-34)14-19(32(27,34)6)18-11-13-42-15-18/h10-13,15-16,19,21,23,25,27,37H,9,14H2,1-8H3/t16?,19-,21+,23+,25+,27-,30-,31-,32+,33-,34+/m0/s1. The Balaban J connectivity index is 1.68. The molecule has 0 radical (unpaired) electrons. The van der Waals surface area contributed by atoms with Crippen LogP contribution in [0.15, 0.2) is 46.5 Å². The van der Waals surface area contributed by atoms with Gasteiger partial charge in [-0.2, -0.15) is 0 Å². The highest BCUT2D eigenvalue weighted by molar-refractivity contribution is 6.15. The average molecular weight is 625 g/mol. The number of ether oxygens (including phenoxy) is 4. The number of methoxy groups -OCH3 is 1. The van der Waals surface area contributed by atoms with Crippen LogP contribution in [0.2, 0.25) is 0 Å². The van der Waals surface area contributed by atoms with E-state index in [9.17, 15) is 29.1 Å². The van der Waals surface area contributed by atoms with E-state index in [1.807, 2.05) is 19.9 Å². The molecule has 11 nitrogen and oxygen atoms in total. The van der Waals surface area contributed by atoms with Crippen LogP contribution in [-0.2, 0) is 42.9 Å². The smallest absolute Gasteiger partial charge is 0.323 e. The molecule has 0 bridgehead atoms. The molecule has 1 spiro atoms. The molecule has 11 atom stereocenters. The number of Topliss-reactive ketones (excluding diaryl/α,β-unsaturated/α-hetero) is 1. The fraction of sp³-hybridized carbons (Fsp3) is 0.618. The molecule has 1 N–H and O–H groups in total. The molecule has 1 saturated heterocycles. The minimum absolute atomic E-state index is 0.146. The van der Waals surface area contributed by atoms with Crippen LogP contribution in [-0.4, -0.2) is 65.6 Å². The Bertz CT molecular complexity index is 1570. The minimum Gasteiger partial charge on any atom is -0.504 e. The first kappa shape index (κ1) is 31.3. The number of furan rings is 1. The molecule has 242 valence electrons. The topological polar surface area (TPSA) is 159 Å². The van der Waals surface area contributed by atoms with Crippen molar-refractivity contribution in [3.05, 3.63) is 47.6 Å². The van der Waals surface area contributed by atoms with Crippen LogP contribution in [0.3, 0.4) is 0 Å². The maximum Gasteiger partial charge on any atom is 0.323 e. The Morgan fingerprint density at radius 1 is 1.13 bits per heavy atom. The number of allylic oxidation sites excluding steroid dienone is 3. The van der Waals surface area contributed by atoms with E-state index in [1.54, 1.807) is 39.4 Å². The van der Waals surface area contributed by atoms with Gasteiger partial charge < -0.3 is 28.5 Å². The molecule has 1 aliphatic heterocycles. The number of aliphatic hydroxyl groups excluding tert-OH is 1. The highest BCUT2D eigenvalue weighted by atomic mass is 16.6. The first-order valence-electron chi connectivity index (χ1n) is 15.4. The van der Waals surface area contributed by atoms with Crippen molar-refractivity contribution in [1.82, 2.24) is 0 Å². The van der Waals surface area contributed by atoms with Gasteiger partial charge in [0, 0.05) is 35.2 Å². The third-order valence-electron chi connectivity index (χ3n) is 12.1. The predicted octanol–water partition coefficient (Wildman–Crippen LogP) is 4.16. The number of hydrogen-bond donors (Lipinski definition) is 1. The number of esters is 3. The van der Waals surface area contributed by atoms with Crippen LogP contribution in [0.4, 0.5) is 0 Å². The second-order valence-corrected chi connectivity index (χ2v) is 14.0. The number of epoxide rings is 1. The van der Waals surface area contributed by atoms with Crippen molar-refractivity contribution in [2.75, 3.05) is 7.11 Å². The summed E-state index contributed by atoms with van der Waals surface area (Å²) in [6.07, 6.45) is 4.00. The van der Waals surface area contributed by atoms with Gasteiger partial charge in [0.2, 0.25) is 5.78 Å². The van der Waals surface area contributed by atoms with Gasteiger partial charge in [0.25, 0.3) is 0 Å². The molecular formula is C34H40O11. The van der Waals surface area contributed by atoms with Crippen LogP contribution in [0.25, 0.3) is 0 Å². The SMILES string of the molecule is CCC(C)C(=O)O[C@H]1[C@H](OC(C)=O)[C@@H]2[C@@]3(C)C=CC(=O)[C@](C)(C(=O)OC)C3=C(O)C(=O)[C@@]2(C)[C@@]23O[C@@H]2C[C@@H](c2ccoc2)[C@]13C. The molecule has 5 aliphatic rings. The van der Waals surface area contributed by atoms with E-state index in [1.165, 1.54) is 19.9 Å². The summed E-state index contributed by atoms with van der Waals surface area (Å²) in [4.78, 5) is 68.2. The predicted molar refractivity (Wildman–Crippen MR) is 155 cm³/mol. The van der Waals surface area contributed by atoms with E-state index in [4.69, 9.17) is 23.4 Å². The maximum absolute atomic E-state index is 14.9. The zero-order valence-corrected chi connectivity index (χ0v) is 26.8. The van der Waals surface area contributed by atoms with Gasteiger partial charge >= 0.3 is 17.9 Å². The van der Waals surface area contributed by atoms with Crippen molar-refractivity contribution >= 4 is 29.5 Å². The van der Waals surface area contributed by atoms with Gasteiger partial charge in [-0.1, -0.05) is 33.8 Å². The fourth-order valence-corrected chi connectivity index (χ4v) is 9.90. The molecule has 0 amide bonds. The Morgan fingerprint density at radius 3 is 2.40 bits per heavy atom. The molecule has 1 aromatic heterocycles. The van der Waals surface area contributed by atoms with Crippen LogP contribution in [0.1, 0.15) is 72.8 Å². The van der Waals surface area contributed by atoms with Gasteiger partial charge in [-0.3, -0.25) is 24.0 Å². The van der Waals surface area contributed by atoms with E-state index in [0.717, 1.165) is 12.7 Å². The molecule has 4 aliphatic carbocycles. The third-order valence-corrected chi connectivity index (χ3v) is 12.1. The quantitative estimate of drug-likeness (QED) is 0.210. The zero-order chi connectivity index (χ0) is 33.1. The van der Waals surface area contributed by atoms with Gasteiger partial charge in [0.15, 0.2) is 17.0 Å². The minimum atomic E-state index is -2.06. The summed E-state index contributed by atoms with van der Waals surface area (Å²) in [6, 6.07) is 1.81. The van der Waals surface area contributed by atoms with E-state index < -0.39 is 92.6 Å². The molecule has 2 saturated carbocycles. The highest BCUT2D eigenvalue weighted by Gasteiger charge is 2.92. The summed E-state index contributed by atoms with van der Waals surface area (Å²) in [5.41, 5.74) is -6.86. The first-order valence-corrected chi connectivity index (χ1v) is 15.4. The lowest BCUT2D eigenvalue weighted by Crippen LogP contribution is -2.76. The number of carbonyl (C=O) groups excluding carboxylic acids is 5. The molecule has 0 aromatic carbocycles. The molecule has 2 heterocycles. The lowest BCUT2D eigenvalue weighted by atomic mass is 9.38. The molecule has 1 aromatic rings. The van der Waals surface area contributed by atoms with Crippen molar-refractivity contribution in [3.8, 4) is 0 Å². The van der Waals surface area contributed by atoms with E-state index in [-0.39, 0.29) is 11.5 Å². The summed E-state index contributed by atoms with van der Waals surface area (Å²) in [7, 11) is 1.12. The zero-order valence-electron chi connectivity index (χ0n) is 26.8. The van der Waals surface area contributed by atoms with Gasteiger partial charge in [-0.05, 0) is 44.4 Å². The van der Waals surface area contributed by atoms with Crippen LogP contribution < -0.4 is 0 Å². The van der Waals surface area contributed by atoms with Gasteiger partial charge in [0.05, 0.1) is 37.1 Å². The van der Waals surface area contributed by atoms with Gasteiger partial charge in [0.1, 0.15) is 17.8 Å².